The number of aromatic nitrogens is 1. The number of rotatable bonds is 14. The Hall–Kier alpha value is -2.24. The van der Waals surface area contributed by atoms with Crippen molar-refractivity contribution in [2.24, 2.45) is 0 Å². The second-order valence-electron chi connectivity index (χ2n) is 5.96. The van der Waals surface area contributed by atoms with E-state index in [4.69, 9.17) is 14.2 Å². The lowest BCUT2D eigenvalue weighted by molar-refractivity contribution is -0.141. The van der Waals surface area contributed by atoms with Crippen LogP contribution in [0.3, 0.4) is 0 Å². The normalized spacial score (nSPS) is 10.4. The minimum atomic E-state index is -0.501. The van der Waals surface area contributed by atoms with Crippen molar-refractivity contribution in [3.63, 3.8) is 0 Å². The Kier molecular flexibility index (Phi) is 12.6. The Balaban J connectivity index is 2.63. The molecule has 0 aliphatic heterocycles. The predicted molar refractivity (Wildman–Crippen MR) is 108 cm³/mol. The molecule has 0 aliphatic rings. The van der Waals surface area contributed by atoms with Crippen LogP contribution in [-0.2, 0) is 25.5 Å². The fourth-order valence-electron chi connectivity index (χ4n) is 2.28. The van der Waals surface area contributed by atoms with Gasteiger partial charge in [0.2, 0.25) is 0 Å². The van der Waals surface area contributed by atoms with Crippen molar-refractivity contribution in [2.75, 3.05) is 53.7 Å². The zero-order valence-corrected chi connectivity index (χ0v) is 18.0. The topological polar surface area (TPSA) is 119 Å². The number of hydrogen-bond donors (Lipinski definition) is 2. The summed E-state index contributed by atoms with van der Waals surface area (Å²) in [4.78, 5) is 41.9. The molecule has 3 amide bonds. The summed E-state index contributed by atoms with van der Waals surface area (Å²) in [6, 6.07) is -0.407. The lowest BCUT2D eigenvalue weighted by atomic mass is 10.4. The van der Waals surface area contributed by atoms with Gasteiger partial charge in [0.15, 0.2) is 0 Å². The average molecular weight is 431 g/mol. The third-order valence-electron chi connectivity index (χ3n) is 3.67. The van der Waals surface area contributed by atoms with Gasteiger partial charge in [-0.2, -0.15) is 0 Å². The van der Waals surface area contributed by atoms with Gasteiger partial charge in [-0.05, 0) is 19.8 Å². The molecule has 0 bridgehead atoms. The number of esters is 1. The molecule has 2 N–H and O–H groups in total. The highest BCUT2D eigenvalue weighted by molar-refractivity contribution is 7.09. The van der Waals surface area contributed by atoms with E-state index < -0.39 is 12.0 Å². The summed E-state index contributed by atoms with van der Waals surface area (Å²) >= 11 is 1.30. The molecule has 0 saturated heterocycles. The number of carbonyl (C=O) groups is 3. The molecule has 1 rings (SSSR count). The van der Waals surface area contributed by atoms with E-state index in [1.165, 1.54) is 16.2 Å². The summed E-state index contributed by atoms with van der Waals surface area (Å²) in [5, 5.41) is 7.59. The van der Waals surface area contributed by atoms with E-state index in [2.05, 4.69) is 15.6 Å². The van der Waals surface area contributed by atoms with Gasteiger partial charge < -0.3 is 29.7 Å². The highest BCUT2D eigenvalue weighted by Gasteiger charge is 2.18. The Morgan fingerprint density at radius 3 is 2.55 bits per heavy atom. The first-order chi connectivity index (χ1) is 14.0. The number of nitrogens with zero attached hydrogens (tertiary/aromatic N) is 2. The molecule has 0 aromatic carbocycles. The van der Waals surface area contributed by atoms with E-state index in [9.17, 15) is 14.4 Å². The zero-order valence-electron chi connectivity index (χ0n) is 17.2. The summed E-state index contributed by atoms with van der Waals surface area (Å²) in [5.41, 5.74) is 0.311. The van der Waals surface area contributed by atoms with Crippen molar-refractivity contribution >= 4 is 29.2 Å². The smallest absolute Gasteiger partial charge is 0.325 e. The van der Waals surface area contributed by atoms with Crippen molar-refractivity contribution < 1.29 is 28.6 Å². The number of methoxy groups -OCH3 is 2. The summed E-state index contributed by atoms with van der Waals surface area (Å²) in [7, 11) is 3.19. The molecule has 0 spiro atoms. The van der Waals surface area contributed by atoms with Crippen LogP contribution in [0, 0.1) is 0 Å². The molecular weight excluding hydrogens is 400 g/mol. The van der Waals surface area contributed by atoms with Crippen molar-refractivity contribution in [1.82, 2.24) is 20.5 Å². The van der Waals surface area contributed by atoms with Crippen LogP contribution in [-0.4, -0.2) is 81.5 Å². The quantitative estimate of drug-likeness (QED) is 0.334. The molecule has 0 fully saturated rings. The first-order valence-electron chi connectivity index (χ1n) is 9.40. The van der Waals surface area contributed by atoms with E-state index in [1.807, 2.05) is 0 Å². The van der Waals surface area contributed by atoms with Crippen LogP contribution in [0.4, 0.5) is 4.79 Å². The van der Waals surface area contributed by atoms with Gasteiger partial charge in [-0.3, -0.25) is 9.59 Å². The Labute approximate surface area is 174 Å². The number of urea groups is 1. The minimum Gasteiger partial charge on any atom is -0.465 e. The summed E-state index contributed by atoms with van der Waals surface area (Å²) in [5.74, 6) is -0.763. The van der Waals surface area contributed by atoms with Crippen LogP contribution >= 0.6 is 11.3 Å². The largest absolute Gasteiger partial charge is 0.465 e. The van der Waals surface area contributed by atoms with E-state index in [0.29, 0.717) is 49.8 Å². The van der Waals surface area contributed by atoms with Crippen molar-refractivity contribution in [1.29, 1.82) is 0 Å². The molecular formula is C18H30N4O6S. The second-order valence-corrected chi connectivity index (χ2v) is 6.90. The minimum absolute atomic E-state index is 0.208. The van der Waals surface area contributed by atoms with Crippen LogP contribution in [0.25, 0.3) is 0 Å². The summed E-state index contributed by atoms with van der Waals surface area (Å²) in [6.07, 6.45) is 1.34. The SMILES string of the molecule is CCOC(=O)CNC(=O)N(CCCOC)Cc1nc(C(=O)NCCCOC)cs1. The van der Waals surface area contributed by atoms with Gasteiger partial charge in [-0.15, -0.1) is 11.3 Å². The van der Waals surface area contributed by atoms with Crippen LogP contribution in [0.1, 0.15) is 35.3 Å². The molecule has 164 valence electrons. The van der Waals surface area contributed by atoms with Crippen molar-refractivity contribution in [2.45, 2.75) is 26.3 Å². The highest BCUT2D eigenvalue weighted by Crippen LogP contribution is 2.13. The lowest BCUT2D eigenvalue weighted by Crippen LogP contribution is -2.42. The molecule has 0 saturated carbocycles. The molecule has 1 aromatic rings. The zero-order chi connectivity index (χ0) is 21.5. The van der Waals surface area contributed by atoms with Gasteiger partial charge in [0.1, 0.15) is 17.2 Å². The van der Waals surface area contributed by atoms with Gasteiger partial charge in [0.05, 0.1) is 13.2 Å². The van der Waals surface area contributed by atoms with Gasteiger partial charge in [-0.25, -0.2) is 9.78 Å². The molecule has 0 atom stereocenters. The van der Waals surface area contributed by atoms with Gasteiger partial charge in [0.25, 0.3) is 5.91 Å². The van der Waals surface area contributed by atoms with Crippen LogP contribution in [0.5, 0.6) is 0 Å². The standard InChI is InChI=1S/C18H30N4O6S/c1-4-28-16(23)11-20-18(25)22(8-6-10-27-3)12-15-21-14(13-29-15)17(24)19-7-5-9-26-2/h13H,4-12H2,1-3H3,(H,19,24)(H,20,25). The van der Waals surface area contributed by atoms with E-state index >= 15 is 0 Å². The number of hydrogen-bond acceptors (Lipinski definition) is 8. The highest BCUT2D eigenvalue weighted by atomic mass is 32.1. The Morgan fingerprint density at radius 2 is 1.86 bits per heavy atom. The Bertz CT molecular complexity index is 640. The monoisotopic (exact) mass is 430 g/mol. The number of thiazole rings is 1. The van der Waals surface area contributed by atoms with Gasteiger partial charge in [-0.1, -0.05) is 0 Å². The summed E-state index contributed by atoms with van der Waals surface area (Å²) < 4.78 is 14.8. The van der Waals surface area contributed by atoms with E-state index in [-0.39, 0.29) is 25.6 Å². The second kappa shape index (κ2) is 14.7. The summed E-state index contributed by atoms with van der Waals surface area (Å²) in [6.45, 7) is 3.95. The van der Waals surface area contributed by atoms with Gasteiger partial charge >= 0.3 is 12.0 Å². The van der Waals surface area contributed by atoms with Gasteiger partial charge in [0, 0.05) is 45.9 Å². The fraction of sp³-hybridized carbons (Fsp3) is 0.667. The van der Waals surface area contributed by atoms with E-state index in [1.54, 1.807) is 26.5 Å². The molecule has 10 nitrogen and oxygen atoms in total. The fourth-order valence-corrected chi connectivity index (χ4v) is 3.07. The van der Waals surface area contributed by atoms with Crippen LogP contribution in [0.2, 0.25) is 0 Å². The molecule has 1 aromatic heterocycles. The Morgan fingerprint density at radius 1 is 1.14 bits per heavy atom. The lowest BCUT2D eigenvalue weighted by Gasteiger charge is -2.21. The molecule has 29 heavy (non-hydrogen) atoms. The number of ether oxygens (including phenoxy) is 3. The number of nitrogens with one attached hydrogen (secondary N) is 2. The van der Waals surface area contributed by atoms with Crippen molar-refractivity contribution in [3.05, 3.63) is 16.1 Å². The maximum atomic E-state index is 12.4. The average Bonchev–Trinajstić information content (AvgIpc) is 3.17. The first kappa shape index (κ1) is 24.8. The van der Waals surface area contributed by atoms with E-state index in [0.717, 1.165) is 0 Å². The first-order valence-corrected chi connectivity index (χ1v) is 10.3. The maximum Gasteiger partial charge on any atom is 0.325 e. The van der Waals surface area contributed by atoms with Crippen LogP contribution in [0.15, 0.2) is 5.38 Å². The molecule has 0 aliphatic carbocycles. The predicted octanol–water partition coefficient (Wildman–Crippen LogP) is 1.02. The third-order valence-corrected chi connectivity index (χ3v) is 4.51. The van der Waals surface area contributed by atoms with Crippen molar-refractivity contribution in [3.8, 4) is 0 Å². The number of carbonyl (C=O) groups excluding carboxylic acids is 3. The maximum absolute atomic E-state index is 12.4. The molecule has 0 radical (unpaired) electrons. The molecule has 1 heterocycles. The number of amides is 3. The molecule has 11 heteroatoms. The third kappa shape index (κ3) is 10.2. The molecule has 0 unspecified atom stereocenters. The van der Waals surface area contributed by atoms with Crippen LogP contribution < -0.4 is 10.6 Å².